The summed E-state index contributed by atoms with van der Waals surface area (Å²) in [5.41, 5.74) is 3.43. The van der Waals surface area contributed by atoms with Crippen LogP contribution in [0, 0.1) is 13.8 Å². The highest BCUT2D eigenvalue weighted by Gasteiger charge is 2.12. The van der Waals surface area contributed by atoms with Gasteiger partial charge in [-0.15, -0.1) is 11.3 Å². The van der Waals surface area contributed by atoms with Crippen molar-refractivity contribution in [1.82, 2.24) is 4.98 Å². The number of benzene rings is 1. The van der Waals surface area contributed by atoms with Gasteiger partial charge in [0.25, 0.3) is 0 Å². The van der Waals surface area contributed by atoms with Crippen molar-refractivity contribution in [3.8, 4) is 10.6 Å². The van der Waals surface area contributed by atoms with Crippen molar-refractivity contribution in [2.75, 3.05) is 6.61 Å². The van der Waals surface area contributed by atoms with Crippen LogP contribution in [0.3, 0.4) is 0 Å². The zero-order chi connectivity index (χ0) is 13.1. The maximum atomic E-state index is 11.6. The summed E-state index contributed by atoms with van der Waals surface area (Å²) in [6.45, 7) is 6.28. The third-order valence-corrected chi connectivity index (χ3v) is 3.48. The van der Waals surface area contributed by atoms with Gasteiger partial charge in [0.05, 0.1) is 12.8 Å². The largest absolute Gasteiger partial charge is 0.462 e. The molecule has 1 aromatic heterocycles. The smallest absolute Gasteiger partial charge is 0.349 e. The molecule has 0 aliphatic heterocycles. The van der Waals surface area contributed by atoms with Gasteiger partial charge in [0.15, 0.2) is 0 Å². The van der Waals surface area contributed by atoms with E-state index in [0.717, 1.165) is 10.6 Å². The van der Waals surface area contributed by atoms with Gasteiger partial charge < -0.3 is 4.74 Å². The highest BCUT2D eigenvalue weighted by molar-refractivity contribution is 7.16. The molecular formula is C14H15NO2S. The van der Waals surface area contributed by atoms with E-state index in [4.69, 9.17) is 4.74 Å². The number of ether oxygens (including phenoxy) is 1. The van der Waals surface area contributed by atoms with Gasteiger partial charge in [-0.2, -0.15) is 0 Å². The summed E-state index contributed by atoms with van der Waals surface area (Å²) >= 11 is 1.37. The summed E-state index contributed by atoms with van der Waals surface area (Å²) in [5.74, 6) is -0.300. The Morgan fingerprint density at radius 2 is 1.94 bits per heavy atom. The maximum Gasteiger partial charge on any atom is 0.349 e. The zero-order valence-electron chi connectivity index (χ0n) is 10.7. The first-order valence-electron chi connectivity index (χ1n) is 5.81. The van der Waals surface area contributed by atoms with E-state index in [2.05, 4.69) is 37.0 Å². The number of thiazole rings is 1. The number of nitrogens with zero attached hydrogens (tertiary/aromatic N) is 1. The fraction of sp³-hybridized carbons (Fsp3) is 0.286. The van der Waals surface area contributed by atoms with E-state index in [-0.39, 0.29) is 5.97 Å². The quantitative estimate of drug-likeness (QED) is 0.792. The molecule has 0 unspecified atom stereocenters. The fourth-order valence-corrected chi connectivity index (χ4v) is 2.60. The molecule has 0 atom stereocenters. The van der Waals surface area contributed by atoms with Crippen molar-refractivity contribution in [2.45, 2.75) is 20.8 Å². The summed E-state index contributed by atoms with van der Waals surface area (Å²) in [4.78, 5) is 16.4. The van der Waals surface area contributed by atoms with E-state index < -0.39 is 0 Å². The van der Waals surface area contributed by atoms with Crippen molar-refractivity contribution in [2.24, 2.45) is 0 Å². The molecule has 2 aromatic rings. The number of carbonyl (C=O) groups excluding carboxylic acids is 1. The molecule has 18 heavy (non-hydrogen) atoms. The number of hydrogen-bond donors (Lipinski definition) is 0. The van der Waals surface area contributed by atoms with Crippen LogP contribution in [0.15, 0.2) is 24.4 Å². The minimum absolute atomic E-state index is 0.300. The van der Waals surface area contributed by atoms with Crippen LogP contribution < -0.4 is 0 Å². The molecule has 0 aliphatic carbocycles. The van der Waals surface area contributed by atoms with Crippen molar-refractivity contribution in [3.63, 3.8) is 0 Å². The second-order valence-corrected chi connectivity index (χ2v) is 5.16. The third kappa shape index (κ3) is 2.76. The number of aryl methyl sites for hydroxylation is 2. The van der Waals surface area contributed by atoms with E-state index in [0.29, 0.717) is 11.5 Å². The first-order valence-corrected chi connectivity index (χ1v) is 6.63. The van der Waals surface area contributed by atoms with E-state index in [1.807, 2.05) is 0 Å². The molecule has 0 fully saturated rings. The standard InChI is InChI=1S/C14H15NO2S/c1-4-17-14(16)12-8-15-13(18-12)11-6-9(2)5-10(3)7-11/h5-8H,4H2,1-3H3. The predicted molar refractivity (Wildman–Crippen MR) is 73.0 cm³/mol. The van der Waals surface area contributed by atoms with Crippen LogP contribution in [0.25, 0.3) is 10.6 Å². The molecule has 0 saturated carbocycles. The lowest BCUT2D eigenvalue weighted by Gasteiger charge is -2.01. The van der Waals surface area contributed by atoms with E-state index in [9.17, 15) is 4.79 Å². The molecule has 1 aromatic carbocycles. The molecular weight excluding hydrogens is 246 g/mol. The molecule has 94 valence electrons. The van der Waals surface area contributed by atoms with Gasteiger partial charge in [0.1, 0.15) is 9.88 Å². The van der Waals surface area contributed by atoms with Gasteiger partial charge in [-0.25, -0.2) is 9.78 Å². The van der Waals surface area contributed by atoms with Crippen LogP contribution in [0.1, 0.15) is 27.7 Å². The summed E-state index contributed by atoms with van der Waals surface area (Å²) in [6, 6.07) is 6.25. The fourth-order valence-electron chi connectivity index (χ4n) is 1.80. The van der Waals surface area contributed by atoms with Gasteiger partial charge >= 0.3 is 5.97 Å². The normalized spacial score (nSPS) is 10.4. The maximum absolute atomic E-state index is 11.6. The Bertz CT molecular complexity index is 555. The lowest BCUT2D eigenvalue weighted by atomic mass is 10.1. The number of rotatable bonds is 3. The second-order valence-electron chi connectivity index (χ2n) is 4.13. The minimum atomic E-state index is -0.300. The van der Waals surface area contributed by atoms with Crippen LogP contribution in [0.4, 0.5) is 0 Å². The lowest BCUT2D eigenvalue weighted by molar-refractivity contribution is 0.0532. The summed E-state index contributed by atoms with van der Waals surface area (Å²) in [7, 11) is 0. The summed E-state index contributed by atoms with van der Waals surface area (Å²) in [5, 5.41) is 0.852. The number of aromatic nitrogens is 1. The van der Waals surface area contributed by atoms with Gasteiger partial charge in [-0.3, -0.25) is 0 Å². The Hall–Kier alpha value is -1.68. The van der Waals surface area contributed by atoms with Crippen molar-refractivity contribution in [3.05, 3.63) is 40.4 Å². The van der Waals surface area contributed by atoms with Gasteiger partial charge in [0, 0.05) is 5.56 Å². The molecule has 1 heterocycles. The first-order chi connectivity index (χ1) is 8.60. The molecule has 0 radical (unpaired) electrons. The molecule has 0 bridgehead atoms. The Labute approximate surface area is 110 Å². The molecule has 0 saturated heterocycles. The van der Waals surface area contributed by atoms with E-state index in [1.54, 1.807) is 13.1 Å². The Balaban J connectivity index is 2.32. The topological polar surface area (TPSA) is 39.2 Å². The third-order valence-electron chi connectivity index (χ3n) is 2.45. The molecule has 0 aliphatic rings. The lowest BCUT2D eigenvalue weighted by Crippen LogP contribution is -2.01. The monoisotopic (exact) mass is 261 g/mol. The van der Waals surface area contributed by atoms with Crippen molar-refractivity contribution >= 4 is 17.3 Å². The highest BCUT2D eigenvalue weighted by Crippen LogP contribution is 2.27. The van der Waals surface area contributed by atoms with Crippen LogP contribution in [0.5, 0.6) is 0 Å². The van der Waals surface area contributed by atoms with Crippen LogP contribution in [-0.4, -0.2) is 17.6 Å². The SMILES string of the molecule is CCOC(=O)c1cnc(-c2cc(C)cc(C)c2)s1. The van der Waals surface area contributed by atoms with Crippen molar-refractivity contribution < 1.29 is 9.53 Å². The van der Waals surface area contributed by atoms with Crippen LogP contribution in [0.2, 0.25) is 0 Å². The molecule has 0 spiro atoms. The highest BCUT2D eigenvalue weighted by atomic mass is 32.1. The molecule has 3 nitrogen and oxygen atoms in total. The van der Waals surface area contributed by atoms with Crippen molar-refractivity contribution in [1.29, 1.82) is 0 Å². The van der Waals surface area contributed by atoms with Gasteiger partial charge in [-0.1, -0.05) is 17.2 Å². The Kier molecular flexibility index (Phi) is 3.77. The first kappa shape index (κ1) is 12.8. The van der Waals surface area contributed by atoms with E-state index in [1.165, 1.54) is 22.5 Å². The van der Waals surface area contributed by atoms with Gasteiger partial charge in [0.2, 0.25) is 0 Å². The summed E-state index contributed by atoms with van der Waals surface area (Å²) in [6.07, 6.45) is 1.58. The minimum Gasteiger partial charge on any atom is -0.462 e. The zero-order valence-corrected chi connectivity index (χ0v) is 11.5. The van der Waals surface area contributed by atoms with Gasteiger partial charge in [-0.05, 0) is 32.9 Å². The second kappa shape index (κ2) is 5.31. The average molecular weight is 261 g/mol. The van der Waals surface area contributed by atoms with Crippen LogP contribution in [-0.2, 0) is 4.74 Å². The van der Waals surface area contributed by atoms with Crippen LogP contribution >= 0.6 is 11.3 Å². The number of hydrogen-bond acceptors (Lipinski definition) is 4. The molecule has 2 rings (SSSR count). The molecule has 0 amide bonds. The average Bonchev–Trinajstić information content (AvgIpc) is 2.77. The number of esters is 1. The van der Waals surface area contributed by atoms with E-state index >= 15 is 0 Å². The Morgan fingerprint density at radius 1 is 1.28 bits per heavy atom. The molecule has 4 heteroatoms. The Morgan fingerprint density at radius 3 is 2.56 bits per heavy atom. The predicted octanol–water partition coefficient (Wildman–Crippen LogP) is 3.60. The number of carbonyl (C=O) groups is 1. The molecule has 0 N–H and O–H groups in total. The summed E-state index contributed by atoms with van der Waals surface area (Å²) < 4.78 is 4.96.